The Bertz CT molecular complexity index is 310. The molecule has 0 saturated carbocycles. The highest BCUT2D eigenvalue weighted by atomic mass is 16.6. The molecule has 0 radical (unpaired) electrons. The smallest absolute Gasteiger partial charge is 0.410 e. The van der Waals surface area contributed by atoms with E-state index >= 15 is 0 Å². The lowest BCUT2D eigenvalue weighted by Crippen LogP contribution is -2.61. The summed E-state index contributed by atoms with van der Waals surface area (Å²) in [7, 11) is 1.71. The van der Waals surface area contributed by atoms with Gasteiger partial charge in [0, 0.05) is 38.8 Å². The Kier molecular flexibility index (Phi) is 5.21. The van der Waals surface area contributed by atoms with E-state index in [-0.39, 0.29) is 11.6 Å². The Morgan fingerprint density at radius 1 is 1.26 bits per heavy atom. The van der Waals surface area contributed by atoms with Crippen LogP contribution >= 0.6 is 0 Å². The van der Waals surface area contributed by atoms with Crippen molar-refractivity contribution in [1.82, 2.24) is 9.80 Å². The van der Waals surface area contributed by atoms with Crippen molar-refractivity contribution >= 4 is 6.09 Å². The van der Waals surface area contributed by atoms with Crippen molar-refractivity contribution in [3.63, 3.8) is 0 Å². The molecule has 1 aliphatic rings. The zero-order valence-corrected chi connectivity index (χ0v) is 13.2. The maximum Gasteiger partial charge on any atom is 0.410 e. The molecule has 0 bridgehead atoms. The van der Waals surface area contributed by atoms with Crippen LogP contribution in [0.5, 0.6) is 0 Å². The maximum atomic E-state index is 12.1. The normalized spacial score (nSPS) is 20.4. The molecule has 1 rings (SSSR count). The SMILES string of the molecule is COCCN1CCN(C(=O)OC(C)(C)C)CC1(C)C. The molecule has 0 aromatic rings. The molecule has 1 saturated heterocycles. The van der Waals surface area contributed by atoms with Crippen LogP contribution in [0.15, 0.2) is 0 Å². The van der Waals surface area contributed by atoms with Crippen molar-refractivity contribution in [1.29, 1.82) is 0 Å². The molecule has 1 fully saturated rings. The number of rotatable bonds is 3. The average molecular weight is 272 g/mol. The van der Waals surface area contributed by atoms with E-state index in [0.29, 0.717) is 13.1 Å². The molecule has 1 aliphatic heterocycles. The highest BCUT2D eigenvalue weighted by Crippen LogP contribution is 2.22. The molecule has 0 unspecified atom stereocenters. The molecule has 5 nitrogen and oxygen atoms in total. The summed E-state index contributed by atoms with van der Waals surface area (Å²) < 4.78 is 10.6. The molecule has 0 atom stereocenters. The third-order valence-corrected chi connectivity index (χ3v) is 3.29. The van der Waals surface area contributed by atoms with Crippen molar-refractivity contribution < 1.29 is 14.3 Å². The van der Waals surface area contributed by atoms with Gasteiger partial charge in [-0.1, -0.05) is 0 Å². The van der Waals surface area contributed by atoms with Gasteiger partial charge in [-0.05, 0) is 34.6 Å². The Balaban J connectivity index is 2.57. The van der Waals surface area contributed by atoms with Crippen LogP contribution in [0.2, 0.25) is 0 Å². The van der Waals surface area contributed by atoms with Gasteiger partial charge in [0.15, 0.2) is 0 Å². The Morgan fingerprint density at radius 3 is 2.37 bits per heavy atom. The summed E-state index contributed by atoms with van der Waals surface area (Å²) in [5, 5.41) is 0. The third-order valence-electron chi connectivity index (χ3n) is 3.29. The molecule has 0 aromatic carbocycles. The Labute approximate surface area is 116 Å². The standard InChI is InChI=1S/C14H28N2O3/c1-13(2,3)19-12(17)15-7-8-16(9-10-18-6)14(4,5)11-15/h7-11H2,1-6H3. The van der Waals surface area contributed by atoms with Crippen LogP contribution in [0.25, 0.3) is 0 Å². The van der Waals surface area contributed by atoms with Gasteiger partial charge >= 0.3 is 6.09 Å². The summed E-state index contributed by atoms with van der Waals surface area (Å²) in [5.41, 5.74) is -0.484. The van der Waals surface area contributed by atoms with Crippen molar-refractivity contribution in [3.8, 4) is 0 Å². The van der Waals surface area contributed by atoms with Gasteiger partial charge in [-0.15, -0.1) is 0 Å². The minimum absolute atomic E-state index is 0.0479. The van der Waals surface area contributed by atoms with Crippen molar-refractivity contribution in [2.24, 2.45) is 0 Å². The van der Waals surface area contributed by atoms with Crippen LogP contribution in [0.1, 0.15) is 34.6 Å². The lowest BCUT2D eigenvalue weighted by molar-refractivity contribution is -0.0209. The number of carbonyl (C=O) groups excluding carboxylic acids is 1. The molecule has 0 spiro atoms. The van der Waals surface area contributed by atoms with E-state index in [9.17, 15) is 4.79 Å². The van der Waals surface area contributed by atoms with Gasteiger partial charge in [-0.25, -0.2) is 4.79 Å². The highest BCUT2D eigenvalue weighted by Gasteiger charge is 2.36. The third kappa shape index (κ3) is 4.99. The lowest BCUT2D eigenvalue weighted by Gasteiger charge is -2.47. The van der Waals surface area contributed by atoms with E-state index in [0.717, 1.165) is 19.7 Å². The summed E-state index contributed by atoms with van der Waals surface area (Å²) in [4.78, 5) is 16.2. The van der Waals surface area contributed by atoms with E-state index in [1.807, 2.05) is 20.8 Å². The Hall–Kier alpha value is -0.810. The van der Waals surface area contributed by atoms with Crippen LogP contribution in [-0.4, -0.2) is 66.9 Å². The quantitative estimate of drug-likeness (QED) is 0.787. The second kappa shape index (κ2) is 6.09. The summed E-state index contributed by atoms with van der Waals surface area (Å²) in [6.45, 7) is 13.9. The van der Waals surface area contributed by atoms with Gasteiger partial charge in [-0.3, -0.25) is 4.90 Å². The number of hydrogen-bond donors (Lipinski definition) is 0. The fourth-order valence-corrected chi connectivity index (χ4v) is 2.29. The van der Waals surface area contributed by atoms with Crippen LogP contribution < -0.4 is 0 Å². The first-order valence-corrected chi connectivity index (χ1v) is 6.87. The van der Waals surface area contributed by atoms with Gasteiger partial charge in [-0.2, -0.15) is 0 Å². The summed E-state index contributed by atoms with van der Waals surface area (Å²) in [6.07, 6.45) is -0.216. The van der Waals surface area contributed by atoms with Gasteiger partial charge in [0.2, 0.25) is 0 Å². The number of piperazine rings is 1. The van der Waals surface area contributed by atoms with Crippen molar-refractivity contribution in [2.45, 2.75) is 45.8 Å². The highest BCUT2D eigenvalue weighted by molar-refractivity contribution is 5.68. The first-order valence-electron chi connectivity index (χ1n) is 6.87. The number of carbonyl (C=O) groups is 1. The molecule has 1 amide bonds. The number of amides is 1. The fourth-order valence-electron chi connectivity index (χ4n) is 2.29. The molecule has 0 aromatic heterocycles. The number of methoxy groups -OCH3 is 1. The first-order chi connectivity index (χ1) is 8.65. The lowest BCUT2D eigenvalue weighted by atomic mass is 9.99. The minimum atomic E-state index is -0.436. The van der Waals surface area contributed by atoms with E-state index < -0.39 is 5.60 Å². The van der Waals surface area contributed by atoms with Crippen LogP contribution in [-0.2, 0) is 9.47 Å². The molecule has 112 valence electrons. The molecule has 19 heavy (non-hydrogen) atoms. The largest absolute Gasteiger partial charge is 0.444 e. The average Bonchev–Trinajstić information content (AvgIpc) is 2.24. The molecule has 0 N–H and O–H groups in total. The predicted octanol–water partition coefficient (Wildman–Crippen LogP) is 1.96. The molecule has 0 aliphatic carbocycles. The van der Waals surface area contributed by atoms with Crippen molar-refractivity contribution in [2.75, 3.05) is 39.9 Å². The zero-order chi connectivity index (χ0) is 14.7. The second-order valence-electron chi connectivity index (χ2n) is 6.69. The monoisotopic (exact) mass is 272 g/mol. The predicted molar refractivity (Wildman–Crippen MR) is 75.3 cm³/mol. The maximum absolute atomic E-state index is 12.1. The van der Waals surface area contributed by atoms with Crippen LogP contribution in [0.3, 0.4) is 0 Å². The van der Waals surface area contributed by atoms with E-state index in [1.165, 1.54) is 0 Å². The molecule has 1 heterocycles. The van der Waals surface area contributed by atoms with Gasteiger partial charge in [0.1, 0.15) is 5.60 Å². The number of nitrogens with zero attached hydrogens (tertiary/aromatic N) is 2. The molecule has 5 heteroatoms. The number of hydrogen-bond acceptors (Lipinski definition) is 4. The summed E-state index contributed by atoms with van der Waals surface area (Å²) >= 11 is 0. The van der Waals surface area contributed by atoms with Crippen LogP contribution in [0.4, 0.5) is 4.79 Å². The summed E-state index contributed by atoms with van der Waals surface area (Å²) in [5.74, 6) is 0. The molecular formula is C14H28N2O3. The van der Waals surface area contributed by atoms with Gasteiger partial charge in [0.25, 0.3) is 0 Å². The molecular weight excluding hydrogens is 244 g/mol. The van der Waals surface area contributed by atoms with Crippen LogP contribution in [0, 0.1) is 0 Å². The number of ether oxygens (including phenoxy) is 2. The minimum Gasteiger partial charge on any atom is -0.444 e. The van der Waals surface area contributed by atoms with Gasteiger partial charge in [0.05, 0.1) is 6.61 Å². The van der Waals surface area contributed by atoms with Gasteiger partial charge < -0.3 is 14.4 Å². The van der Waals surface area contributed by atoms with E-state index in [2.05, 4.69) is 18.7 Å². The zero-order valence-electron chi connectivity index (χ0n) is 13.2. The second-order valence-corrected chi connectivity index (χ2v) is 6.69. The topological polar surface area (TPSA) is 42.0 Å². The summed E-state index contributed by atoms with van der Waals surface area (Å²) in [6, 6.07) is 0. The fraction of sp³-hybridized carbons (Fsp3) is 0.929. The van der Waals surface area contributed by atoms with Crippen molar-refractivity contribution in [3.05, 3.63) is 0 Å². The Morgan fingerprint density at radius 2 is 1.89 bits per heavy atom. The van der Waals surface area contributed by atoms with E-state index in [1.54, 1.807) is 12.0 Å². The van der Waals surface area contributed by atoms with E-state index in [4.69, 9.17) is 9.47 Å². The first kappa shape index (κ1) is 16.2.